The summed E-state index contributed by atoms with van der Waals surface area (Å²) in [5.74, 6) is 1.46. The van der Waals surface area contributed by atoms with Crippen LogP contribution in [0.1, 0.15) is 24.5 Å². The second-order valence-corrected chi connectivity index (χ2v) is 8.42. The Kier molecular flexibility index (Phi) is 5.54. The molecule has 1 aromatic carbocycles. The van der Waals surface area contributed by atoms with Crippen molar-refractivity contribution in [3.05, 3.63) is 72.0 Å². The van der Waals surface area contributed by atoms with Crippen LogP contribution in [0.15, 0.2) is 66.3 Å². The van der Waals surface area contributed by atoms with Crippen molar-refractivity contribution in [2.75, 3.05) is 25.0 Å². The molecule has 31 heavy (non-hydrogen) atoms. The van der Waals surface area contributed by atoms with Gasteiger partial charge in [0.2, 0.25) is 11.8 Å². The quantitative estimate of drug-likeness (QED) is 0.490. The van der Waals surface area contributed by atoms with Crippen molar-refractivity contribution in [3.63, 3.8) is 0 Å². The summed E-state index contributed by atoms with van der Waals surface area (Å²) in [6, 6.07) is 15.5. The van der Waals surface area contributed by atoms with Gasteiger partial charge in [0.25, 0.3) is 5.91 Å². The van der Waals surface area contributed by atoms with Crippen molar-refractivity contribution in [1.82, 2.24) is 19.3 Å². The van der Waals surface area contributed by atoms with Crippen molar-refractivity contribution in [1.29, 1.82) is 0 Å². The Morgan fingerprint density at radius 2 is 2.06 bits per heavy atom. The van der Waals surface area contributed by atoms with Crippen LogP contribution in [0, 0.1) is 0 Å². The van der Waals surface area contributed by atoms with Crippen LogP contribution in [0.2, 0.25) is 0 Å². The highest BCUT2D eigenvalue weighted by Crippen LogP contribution is 2.34. The second kappa shape index (κ2) is 8.77. The van der Waals surface area contributed by atoms with E-state index in [1.165, 1.54) is 0 Å². The van der Waals surface area contributed by atoms with Crippen molar-refractivity contribution < 1.29 is 9.53 Å². The molecule has 0 bridgehead atoms. The summed E-state index contributed by atoms with van der Waals surface area (Å²) in [7, 11) is 0. The molecular formula is C23H23N5O2S. The Hall–Kier alpha value is -3.39. The number of hydrogen-bond acceptors (Lipinski definition) is 6. The Balaban J connectivity index is 1.31. The van der Waals surface area contributed by atoms with Gasteiger partial charge in [0.15, 0.2) is 6.61 Å². The largest absolute Gasteiger partial charge is 0.468 e. The molecule has 7 nitrogen and oxygen atoms in total. The number of likely N-dealkylation sites (tertiary alicyclic amines) is 1. The van der Waals surface area contributed by atoms with Crippen LogP contribution >= 0.6 is 11.3 Å². The van der Waals surface area contributed by atoms with Gasteiger partial charge in [-0.15, -0.1) is 11.3 Å². The van der Waals surface area contributed by atoms with Gasteiger partial charge in [0.1, 0.15) is 4.83 Å². The third kappa shape index (κ3) is 4.25. The summed E-state index contributed by atoms with van der Waals surface area (Å²) < 4.78 is 7.66. The highest BCUT2D eigenvalue weighted by molar-refractivity contribution is 7.15. The molecular weight excluding hydrogens is 410 g/mol. The molecule has 4 aromatic rings. The number of carbonyl (C=O) groups excluding carboxylic acids is 1. The first-order chi connectivity index (χ1) is 15.3. The Bertz CT molecular complexity index is 1160. The second-order valence-electron chi connectivity index (χ2n) is 7.53. The minimum absolute atomic E-state index is 0.00213. The number of benzene rings is 1. The lowest BCUT2D eigenvalue weighted by atomic mass is 9.95. The Morgan fingerprint density at radius 3 is 2.90 bits per heavy atom. The van der Waals surface area contributed by atoms with E-state index in [4.69, 9.17) is 9.72 Å². The first-order valence-electron chi connectivity index (χ1n) is 10.4. The van der Waals surface area contributed by atoms with E-state index in [1.54, 1.807) is 23.6 Å². The van der Waals surface area contributed by atoms with Gasteiger partial charge in [-0.3, -0.25) is 9.20 Å². The van der Waals surface area contributed by atoms with Gasteiger partial charge in [0.05, 0.1) is 5.69 Å². The third-order valence-corrected chi connectivity index (χ3v) is 6.34. The predicted octanol–water partition coefficient (Wildman–Crippen LogP) is 4.32. The number of pyridine rings is 1. The Morgan fingerprint density at radius 1 is 1.19 bits per heavy atom. The molecule has 4 heterocycles. The summed E-state index contributed by atoms with van der Waals surface area (Å²) >= 11 is 1.68. The molecule has 1 aliphatic rings. The number of imidazole rings is 1. The standard InChI is InChI=1S/C23H23N5O2S/c29-20(16-30-19-10-4-5-11-24-19)27-12-6-7-17(15-27)21-22-28(13-14-31-22)23(26-21)25-18-8-2-1-3-9-18/h1-5,8-11,13-14,17H,6-7,12,15-16H2,(H,25,26)/t17-/m1/s1. The number of fused-ring (bicyclic) bond motifs is 1. The van der Waals surface area contributed by atoms with E-state index in [2.05, 4.69) is 20.1 Å². The maximum absolute atomic E-state index is 12.7. The van der Waals surface area contributed by atoms with Crippen molar-refractivity contribution >= 4 is 33.7 Å². The maximum Gasteiger partial charge on any atom is 0.260 e. The number of rotatable bonds is 6. The SMILES string of the molecule is O=C(COc1ccccn1)N1CCC[C@@H](c2nc(Nc3ccccc3)n3ccsc23)C1. The average Bonchev–Trinajstić information content (AvgIpc) is 3.43. The van der Waals surface area contributed by atoms with Gasteiger partial charge in [0, 0.05) is 48.5 Å². The van der Waals surface area contributed by atoms with Crippen LogP contribution in [0.4, 0.5) is 11.6 Å². The molecule has 1 N–H and O–H groups in total. The van der Waals surface area contributed by atoms with E-state index in [-0.39, 0.29) is 18.4 Å². The zero-order chi connectivity index (χ0) is 21.0. The third-order valence-electron chi connectivity index (χ3n) is 5.45. The lowest BCUT2D eigenvalue weighted by Crippen LogP contribution is -2.41. The molecule has 0 spiro atoms. The summed E-state index contributed by atoms with van der Waals surface area (Å²) in [5, 5.41) is 5.49. The minimum atomic E-state index is -0.0142. The summed E-state index contributed by atoms with van der Waals surface area (Å²) in [5.41, 5.74) is 2.05. The average molecular weight is 434 g/mol. The minimum Gasteiger partial charge on any atom is -0.468 e. The smallest absolute Gasteiger partial charge is 0.260 e. The molecule has 0 unspecified atom stereocenters. The van der Waals surface area contributed by atoms with E-state index >= 15 is 0 Å². The molecule has 1 atom stereocenters. The maximum atomic E-state index is 12.7. The van der Waals surface area contributed by atoms with Gasteiger partial charge in [-0.05, 0) is 31.0 Å². The predicted molar refractivity (Wildman–Crippen MR) is 121 cm³/mol. The molecule has 1 aliphatic heterocycles. The molecule has 8 heteroatoms. The number of thiazole rings is 1. The number of piperidine rings is 1. The first kappa shape index (κ1) is 19.6. The topological polar surface area (TPSA) is 71.8 Å². The number of nitrogens with one attached hydrogen (secondary N) is 1. The normalized spacial score (nSPS) is 16.4. The van der Waals surface area contributed by atoms with Crippen LogP contribution in [0.3, 0.4) is 0 Å². The summed E-state index contributed by atoms with van der Waals surface area (Å²) in [4.78, 5) is 24.8. The number of nitrogens with zero attached hydrogens (tertiary/aromatic N) is 4. The number of amides is 1. The van der Waals surface area contributed by atoms with Crippen LogP contribution in [-0.4, -0.2) is 44.9 Å². The lowest BCUT2D eigenvalue weighted by Gasteiger charge is -2.32. The van der Waals surface area contributed by atoms with Crippen LogP contribution in [-0.2, 0) is 4.79 Å². The number of carbonyl (C=O) groups is 1. The van der Waals surface area contributed by atoms with Crippen molar-refractivity contribution in [3.8, 4) is 5.88 Å². The number of hydrogen-bond donors (Lipinski definition) is 1. The van der Waals surface area contributed by atoms with Crippen LogP contribution < -0.4 is 10.1 Å². The number of anilines is 2. The highest BCUT2D eigenvalue weighted by Gasteiger charge is 2.29. The molecule has 5 rings (SSSR count). The van der Waals surface area contributed by atoms with E-state index in [1.807, 2.05) is 53.6 Å². The molecule has 0 radical (unpaired) electrons. The van der Waals surface area contributed by atoms with Gasteiger partial charge in [-0.25, -0.2) is 9.97 Å². The van der Waals surface area contributed by atoms with Gasteiger partial charge >= 0.3 is 0 Å². The Labute approximate surface area is 184 Å². The van der Waals surface area contributed by atoms with Crippen molar-refractivity contribution in [2.24, 2.45) is 0 Å². The molecule has 0 saturated carbocycles. The van der Waals surface area contributed by atoms with E-state index in [0.717, 1.165) is 41.5 Å². The van der Waals surface area contributed by atoms with Gasteiger partial charge < -0.3 is 15.0 Å². The number of para-hydroxylation sites is 1. The van der Waals surface area contributed by atoms with Crippen LogP contribution in [0.5, 0.6) is 5.88 Å². The van der Waals surface area contributed by atoms with Crippen molar-refractivity contribution in [2.45, 2.75) is 18.8 Å². The van der Waals surface area contributed by atoms with E-state index in [9.17, 15) is 4.79 Å². The fraction of sp³-hybridized carbons (Fsp3) is 0.261. The number of ether oxygens (including phenoxy) is 1. The molecule has 1 saturated heterocycles. The van der Waals surface area contributed by atoms with E-state index < -0.39 is 0 Å². The molecule has 3 aromatic heterocycles. The molecule has 1 fully saturated rings. The molecule has 1 amide bonds. The fourth-order valence-electron chi connectivity index (χ4n) is 3.94. The summed E-state index contributed by atoms with van der Waals surface area (Å²) in [6.07, 6.45) is 5.66. The lowest BCUT2D eigenvalue weighted by molar-refractivity contribution is -0.134. The summed E-state index contributed by atoms with van der Waals surface area (Å²) in [6.45, 7) is 1.40. The first-order valence-corrected chi connectivity index (χ1v) is 11.2. The number of aromatic nitrogens is 3. The van der Waals surface area contributed by atoms with Gasteiger partial charge in [-0.1, -0.05) is 24.3 Å². The highest BCUT2D eigenvalue weighted by atomic mass is 32.1. The molecule has 0 aliphatic carbocycles. The zero-order valence-electron chi connectivity index (χ0n) is 17.0. The molecule has 158 valence electrons. The fourth-order valence-corrected chi connectivity index (χ4v) is 4.84. The monoisotopic (exact) mass is 433 g/mol. The van der Waals surface area contributed by atoms with Crippen LogP contribution in [0.25, 0.3) is 4.83 Å². The van der Waals surface area contributed by atoms with Gasteiger partial charge in [-0.2, -0.15) is 0 Å². The zero-order valence-corrected chi connectivity index (χ0v) is 17.8. The van der Waals surface area contributed by atoms with E-state index in [0.29, 0.717) is 12.4 Å².